The standard InChI is InChI=1S/C22H29BrFN3O5S.C2H6/c1-20(2,3)31-18(28)27(19(29)32-21(4,5)6)17-25-16(14-12-13(23)8-9-15(14)24)22(10-11-22)33(30)26(17)7;1-2/h8-9,12,16H,10-11H2,1-7H3;1-2H3. The molecule has 1 aliphatic carbocycles. The fourth-order valence-electron chi connectivity index (χ4n) is 3.46. The number of ether oxygens (including phenoxy) is 2. The summed E-state index contributed by atoms with van der Waals surface area (Å²) in [5.74, 6) is -0.737. The second-order valence-electron chi connectivity index (χ2n) is 10.1. The quantitative estimate of drug-likeness (QED) is 0.390. The highest BCUT2D eigenvalue weighted by atomic mass is 79.9. The lowest BCUT2D eigenvalue weighted by molar-refractivity contribution is 0.0133. The number of hydrogen-bond donors (Lipinski definition) is 0. The molecule has 11 heteroatoms. The summed E-state index contributed by atoms with van der Waals surface area (Å²) in [4.78, 5) is 31.4. The number of hydrogen-bond acceptors (Lipinski definition) is 6. The molecule has 0 N–H and O–H groups in total. The lowest BCUT2D eigenvalue weighted by Crippen LogP contribution is -2.56. The summed E-state index contributed by atoms with van der Waals surface area (Å²) < 4.78 is 40.3. The third-order valence-corrected chi connectivity index (χ3v) is 7.45. The first-order chi connectivity index (χ1) is 16.1. The van der Waals surface area contributed by atoms with Crippen LogP contribution in [0.4, 0.5) is 14.0 Å². The maximum Gasteiger partial charge on any atom is 0.427 e. The molecule has 1 heterocycles. The largest absolute Gasteiger partial charge is 0.443 e. The van der Waals surface area contributed by atoms with Gasteiger partial charge in [0.25, 0.3) is 0 Å². The Morgan fingerprint density at radius 3 is 2.03 bits per heavy atom. The SMILES string of the molecule is CC.CN1C(N(C(=O)OC(C)(C)C)C(=O)OC(C)(C)C)=NC(c2cc(Br)ccc2F)C2(CC2)S1=O. The van der Waals surface area contributed by atoms with E-state index in [1.165, 1.54) is 17.4 Å². The maximum absolute atomic E-state index is 14.8. The van der Waals surface area contributed by atoms with Crippen LogP contribution in [0.2, 0.25) is 0 Å². The Morgan fingerprint density at radius 1 is 1.11 bits per heavy atom. The predicted molar refractivity (Wildman–Crippen MR) is 138 cm³/mol. The molecule has 2 unspecified atom stereocenters. The zero-order valence-corrected chi connectivity index (χ0v) is 24.2. The van der Waals surface area contributed by atoms with Crippen molar-refractivity contribution in [2.24, 2.45) is 4.99 Å². The number of halogens is 2. The molecule has 2 aliphatic rings. The Balaban J connectivity index is 0.00000210. The summed E-state index contributed by atoms with van der Waals surface area (Å²) in [7, 11) is -0.220. The van der Waals surface area contributed by atoms with Gasteiger partial charge in [0.15, 0.2) is 0 Å². The van der Waals surface area contributed by atoms with Crippen molar-refractivity contribution in [1.82, 2.24) is 9.21 Å². The monoisotopic (exact) mass is 575 g/mol. The fourth-order valence-corrected chi connectivity index (χ4v) is 5.48. The first kappa shape index (κ1) is 29.2. The van der Waals surface area contributed by atoms with Crippen LogP contribution >= 0.6 is 15.9 Å². The van der Waals surface area contributed by atoms with E-state index >= 15 is 0 Å². The second kappa shape index (κ2) is 10.5. The molecule has 196 valence electrons. The summed E-state index contributed by atoms with van der Waals surface area (Å²) in [6.45, 7) is 13.9. The fraction of sp³-hybridized carbons (Fsp3) is 0.625. The van der Waals surface area contributed by atoms with E-state index < -0.39 is 51.0 Å². The van der Waals surface area contributed by atoms with Crippen molar-refractivity contribution in [3.8, 4) is 0 Å². The van der Waals surface area contributed by atoms with Crippen molar-refractivity contribution < 1.29 is 27.7 Å². The van der Waals surface area contributed by atoms with Crippen LogP contribution in [0.1, 0.15) is 79.8 Å². The highest BCUT2D eigenvalue weighted by Crippen LogP contribution is 2.56. The van der Waals surface area contributed by atoms with Crippen LogP contribution in [0.25, 0.3) is 0 Å². The molecule has 0 aromatic heterocycles. The van der Waals surface area contributed by atoms with E-state index in [0.29, 0.717) is 22.2 Å². The molecule has 1 aromatic carbocycles. The number of amides is 2. The minimum Gasteiger partial charge on any atom is -0.443 e. The summed E-state index contributed by atoms with van der Waals surface area (Å²) in [5, 5.41) is 0. The average Bonchev–Trinajstić information content (AvgIpc) is 3.51. The van der Waals surface area contributed by atoms with Crippen molar-refractivity contribution in [3.05, 3.63) is 34.1 Å². The molecule has 1 aliphatic heterocycles. The molecule has 1 saturated carbocycles. The molecule has 1 fully saturated rings. The van der Waals surface area contributed by atoms with Gasteiger partial charge in [0.05, 0.1) is 4.75 Å². The van der Waals surface area contributed by atoms with Gasteiger partial charge in [-0.3, -0.25) is 4.31 Å². The molecule has 0 radical (unpaired) electrons. The molecule has 1 spiro atoms. The van der Waals surface area contributed by atoms with Gasteiger partial charge < -0.3 is 9.47 Å². The normalized spacial score (nSPS) is 20.9. The smallest absolute Gasteiger partial charge is 0.427 e. The number of aliphatic imine (C=N–C) groups is 1. The van der Waals surface area contributed by atoms with Crippen LogP contribution in [0.3, 0.4) is 0 Å². The van der Waals surface area contributed by atoms with E-state index in [1.54, 1.807) is 53.7 Å². The van der Waals surface area contributed by atoms with Crippen LogP contribution in [0.5, 0.6) is 0 Å². The van der Waals surface area contributed by atoms with Crippen molar-refractivity contribution in [1.29, 1.82) is 0 Å². The van der Waals surface area contributed by atoms with Gasteiger partial charge in [-0.15, -0.1) is 4.90 Å². The zero-order valence-electron chi connectivity index (χ0n) is 21.8. The molecule has 1 aromatic rings. The van der Waals surface area contributed by atoms with E-state index in [9.17, 15) is 18.2 Å². The third kappa shape index (κ3) is 6.61. The van der Waals surface area contributed by atoms with Crippen molar-refractivity contribution >= 4 is 45.1 Å². The molecule has 2 amide bonds. The minimum absolute atomic E-state index is 0.223. The Bertz CT molecular complexity index is 1000. The van der Waals surface area contributed by atoms with Gasteiger partial charge in [0.2, 0.25) is 5.96 Å². The molecular formula is C24H35BrFN3O5S. The molecule has 8 nitrogen and oxygen atoms in total. The van der Waals surface area contributed by atoms with Crippen LogP contribution < -0.4 is 0 Å². The lowest BCUT2D eigenvalue weighted by atomic mass is 10.0. The van der Waals surface area contributed by atoms with Gasteiger partial charge in [-0.1, -0.05) is 29.8 Å². The number of rotatable bonds is 1. The summed E-state index contributed by atoms with van der Waals surface area (Å²) >= 11 is 3.34. The summed E-state index contributed by atoms with van der Waals surface area (Å²) in [6, 6.07) is 3.57. The highest BCUT2D eigenvalue weighted by molar-refractivity contribution is 9.10. The number of nitrogens with zero attached hydrogens (tertiary/aromatic N) is 3. The van der Waals surface area contributed by atoms with Gasteiger partial charge >= 0.3 is 12.2 Å². The first-order valence-corrected chi connectivity index (χ1v) is 13.4. The number of benzene rings is 1. The Hall–Kier alpha value is -2.01. The summed E-state index contributed by atoms with van der Waals surface area (Å²) in [5.41, 5.74) is -1.61. The lowest BCUT2D eigenvalue weighted by Gasteiger charge is -2.38. The van der Waals surface area contributed by atoms with E-state index in [1.807, 2.05) is 13.8 Å². The van der Waals surface area contributed by atoms with Crippen molar-refractivity contribution in [2.75, 3.05) is 7.05 Å². The third-order valence-electron chi connectivity index (χ3n) is 4.97. The number of imide groups is 1. The highest BCUT2D eigenvalue weighted by Gasteiger charge is 2.61. The van der Waals surface area contributed by atoms with Crippen LogP contribution in [0, 0.1) is 5.82 Å². The molecule has 0 bridgehead atoms. The topological polar surface area (TPSA) is 88.5 Å². The Morgan fingerprint density at radius 2 is 1.60 bits per heavy atom. The van der Waals surface area contributed by atoms with Crippen molar-refractivity contribution in [2.45, 2.75) is 90.2 Å². The van der Waals surface area contributed by atoms with E-state index in [4.69, 9.17) is 9.47 Å². The molecule has 0 saturated heterocycles. The van der Waals surface area contributed by atoms with Crippen LogP contribution in [0.15, 0.2) is 27.7 Å². The molecule has 3 rings (SSSR count). The van der Waals surface area contributed by atoms with Gasteiger partial charge in [0.1, 0.15) is 34.0 Å². The predicted octanol–water partition coefficient (Wildman–Crippen LogP) is 6.33. The Labute approximate surface area is 218 Å². The van der Waals surface area contributed by atoms with Gasteiger partial charge in [-0.2, -0.15) is 0 Å². The van der Waals surface area contributed by atoms with Gasteiger partial charge in [0, 0.05) is 17.1 Å². The average molecular weight is 577 g/mol. The first-order valence-electron chi connectivity index (χ1n) is 11.5. The molecule has 2 atom stereocenters. The molecular weight excluding hydrogens is 541 g/mol. The Kier molecular flexibility index (Phi) is 8.80. The van der Waals surface area contributed by atoms with Crippen LogP contribution in [-0.4, -0.2) is 54.6 Å². The molecule has 35 heavy (non-hydrogen) atoms. The number of guanidine groups is 1. The van der Waals surface area contributed by atoms with Gasteiger partial charge in [-0.25, -0.2) is 23.2 Å². The van der Waals surface area contributed by atoms with E-state index in [0.717, 1.165) is 0 Å². The van der Waals surface area contributed by atoms with Gasteiger partial charge in [-0.05, 0) is 72.6 Å². The van der Waals surface area contributed by atoms with Crippen molar-refractivity contribution in [3.63, 3.8) is 0 Å². The summed E-state index contributed by atoms with van der Waals surface area (Å²) in [6.07, 6.45) is -0.925. The maximum atomic E-state index is 14.8. The van der Waals surface area contributed by atoms with E-state index in [-0.39, 0.29) is 11.5 Å². The minimum atomic E-state index is -1.70. The zero-order chi connectivity index (χ0) is 26.9. The second-order valence-corrected chi connectivity index (χ2v) is 12.9. The number of carbonyl (C=O) groups excluding carboxylic acids is 2. The number of carbonyl (C=O) groups is 2. The van der Waals surface area contributed by atoms with E-state index in [2.05, 4.69) is 20.9 Å². The van der Waals surface area contributed by atoms with Crippen LogP contribution in [-0.2, 0) is 20.5 Å².